The number of aliphatic imine (C=N–C) groups is 1. The van der Waals surface area contributed by atoms with Gasteiger partial charge in [0.1, 0.15) is 5.82 Å². The summed E-state index contributed by atoms with van der Waals surface area (Å²) in [4.78, 5) is 4.33. The van der Waals surface area contributed by atoms with Crippen LogP contribution in [-0.2, 0) is 16.7 Å². The van der Waals surface area contributed by atoms with Crippen molar-refractivity contribution in [1.29, 1.82) is 0 Å². The van der Waals surface area contributed by atoms with E-state index >= 15 is 0 Å². The number of halogens is 1. The summed E-state index contributed by atoms with van der Waals surface area (Å²) in [5.74, 6) is 2.07. The highest BCUT2D eigenvalue weighted by molar-refractivity contribution is 5.79. The fourth-order valence-electron chi connectivity index (χ4n) is 3.82. The number of benzene rings is 2. The quantitative estimate of drug-likeness (QED) is 0.598. The second-order valence-electron chi connectivity index (χ2n) is 7.37. The number of ether oxygens (including phenoxy) is 3. The summed E-state index contributed by atoms with van der Waals surface area (Å²) in [6.07, 6.45) is 1.82. The van der Waals surface area contributed by atoms with Crippen molar-refractivity contribution in [3.8, 4) is 11.5 Å². The number of rotatable bonds is 5. The monoisotopic (exact) mass is 399 g/mol. The maximum absolute atomic E-state index is 13.1. The molecule has 0 aliphatic carbocycles. The Kier molecular flexibility index (Phi) is 5.85. The molecule has 1 saturated heterocycles. The average Bonchev–Trinajstić information content (AvgIpc) is 3.24. The number of nitrogens with zero attached hydrogens (tertiary/aromatic N) is 1. The first-order chi connectivity index (χ1) is 14.2. The minimum absolute atomic E-state index is 0.0767. The molecule has 2 heterocycles. The fraction of sp³-hybridized carbons (Fsp3) is 0.409. The van der Waals surface area contributed by atoms with E-state index in [1.165, 1.54) is 17.7 Å². The van der Waals surface area contributed by atoms with Crippen LogP contribution in [0.25, 0.3) is 0 Å². The Hall–Kier alpha value is -2.80. The lowest BCUT2D eigenvalue weighted by atomic mass is 9.74. The Balaban J connectivity index is 1.44. The van der Waals surface area contributed by atoms with Crippen LogP contribution in [0.15, 0.2) is 47.5 Å². The predicted molar refractivity (Wildman–Crippen MR) is 109 cm³/mol. The molecule has 2 aromatic rings. The SMILES string of the molecule is CN=C(NCc1ccc(F)cc1)NCC1(c2ccc3c(c2)OCO3)CCOCC1. The molecular formula is C22H26FN3O3. The summed E-state index contributed by atoms with van der Waals surface area (Å²) in [7, 11) is 1.75. The highest BCUT2D eigenvalue weighted by Crippen LogP contribution is 2.40. The third-order valence-electron chi connectivity index (χ3n) is 5.63. The summed E-state index contributed by atoms with van der Waals surface area (Å²) in [5, 5.41) is 6.76. The predicted octanol–water partition coefficient (Wildman–Crippen LogP) is 2.97. The van der Waals surface area contributed by atoms with Gasteiger partial charge in [-0.3, -0.25) is 4.99 Å². The zero-order valence-electron chi connectivity index (χ0n) is 16.5. The number of guanidine groups is 1. The van der Waals surface area contributed by atoms with Crippen LogP contribution in [0.5, 0.6) is 11.5 Å². The van der Waals surface area contributed by atoms with Gasteiger partial charge in [0.05, 0.1) is 0 Å². The fourth-order valence-corrected chi connectivity index (χ4v) is 3.82. The van der Waals surface area contributed by atoms with Crippen molar-refractivity contribution >= 4 is 5.96 Å². The van der Waals surface area contributed by atoms with E-state index in [1.807, 2.05) is 6.07 Å². The second-order valence-corrected chi connectivity index (χ2v) is 7.37. The van der Waals surface area contributed by atoms with Crippen LogP contribution >= 0.6 is 0 Å². The standard InChI is InChI=1S/C22H26FN3O3/c1-24-21(25-13-16-2-5-18(23)6-3-16)26-14-22(8-10-27-11-9-22)17-4-7-19-20(12-17)29-15-28-19/h2-7,12H,8-11,13-15H2,1H3,(H2,24,25,26). The molecule has 0 spiro atoms. The van der Waals surface area contributed by atoms with E-state index in [2.05, 4.69) is 27.8 Å². The van der Waals surface area contributed by atoms with Gasteiger partial charge in [0, 0.05) is 38.8 Å². The highest BCUT2D eigenvalue weighted by atomic mass is 19.1. The Morgan fingerprint density at radius 3 is 2.55 bits per heavy atom. The van der Waals surface area contributed by atoms with Gasteiger partial charge in [-0.2, -0.15) is 0 Å². The summed E-state index contributed by atoms with van der Waals surface area (Å²) in [6, 6.07) is 12.6. The van der Waals surface area contributed by atoms with E-state index < -0.39 is 0 Å². The van der Waals surface area contributed by atoms with E-state index in [1.54, 1.807) is 19.2 Å². The van der Waals surface area contributed by atoms with Crippen LogP contribution in [0, 0.1) is 5.82 Å². The van der Waals surface area contributed by atoms with Gasteiger partial charge in [-0.15, -0.1) is 0 Å². The molecule has 0 unspecified atom stereocenters. The topological polar surface area (TPSA) is 64.1 Å². The Bertz CT molecular complexity index is 864. The minimum Gasteiger partial charge on any atom is -0.454 e. The van der Waals surface area contributed by atoms with Crippen LogP contribution in [0.1, 0.15) is 24.0 Å². The van der Waals surface area contributed by atoms with E-state index in [-0.39, 0.29) is 18.0 Å². The van der Waals surface area contributed by atoms with Crippen molar-refractivity contribution in [1.82, 2.24) is 10.6 Å². The van der Waals surface area contributed by atoms with Crippen LogP contribution < -0.4 is 20.1 Å². The maximum atomic E-state index is 13.1. The Labute approximate surface area is 170 Å². The zero-order valence-corrected chi connectivity index (χ0v) is 16.5. The first kappa shape index (κ1) is 19.5. The third kappa shape index (κ3) is 4.45. The lowest BCUT2D eigenvalue weighted by molar-refractivity contribution is 0.0513. The summed E-state index contributed by atoms with van der Waals surface area (Å²) < 4.78 is 29.7. The van der Waals surface area contributed by atoms with E-state index in [0.29, 0.717) is 12.5 Å². The van der Waals surface area contributed by atoms with Crippen LogP contribution in [0.2, 0.25) is 0 Å². The van der Waals surface area contributed by atoms with Crippen molar-refractivity contribution in [3.63, 3.8) is 0 Å². The van der Waals surface area contributed by atoms with Crippen LogP contribution in [-0.4, -0.2) is 39.6 Å². The van der Waals surface area contributed by atoms with Crippen molar-refractivity contribution in [2.24, 2.45) is 4.99 Å². The molecule has 29 heavy (non-hydrogen) atoms. The maximum Gasteiger partial charge on any atom is 0.231 e. The van der Waals surface area contributed by atoms with Crippen molar-refractivity contribution in [2.75, 3.05) is 33.6 Å². The number of nitrogens with one attached hydrogen (secondary N) is 2. The molecule has 2 N–H and O–H groups in total. The first-order valence-electron chi connectivity index (χ1n) is 9.85. The summed E-state index contributed by atoms with van der Waals surface area (Å²) in [6.45, 7) is 3.00. The van der Waals surface area contributed by atoms with Gasteiger partial charge in [0.2, 0.25) is 6.79 Å². The van der Waals surface area contributed by atoms with Gasteiger partial charge in [-0.25, -0.2) is 4.39 Å². The average molecular weight is 399 g/mol. The van der Waals surface area contributed by atoms with Crippen molar-refractivity contribution in [3.05, 3.63) is 59.4 Å². The molecule has 0 bridgehead atoms. The van der Waals surface area contributed by atoms with Crippen molar-refractivity contribution in [2.45, 2.75) is 24.8 Å². The highest BCUT2D eigenvalue weighted by Gasteiger charge is 2.35. The lowest BCUT2D eigenvalue weighted by Crippen LogP contribution is -2.47. The largest absolute Gasteiger partial charge is 0.454 e. The Morgan fingerprint density at radius 1 is 1.03 bits per heavy atom. The molecule has 0 saturated carbocycles. The zero-order chi connectivity index (χ0) is 20.1. The molecule has 2 aliphatic heterocycles. The molecule has 2 aromatic carbocycles. The number of hydrogen-bond acceptors (Lipinski definition) is 4. The van der Waals surface area contributed by atoms with E-state index in [9.17, 15) is 4.39 Å². The van der Waals surface area contributed by atoms with Gasteiger partial charge in [0.15, 0.2) is 17.5 Å². The van der Waals surface area contributed by atoms with Gasteiger partial charge in [-0.05, 0) is 48.2 Å². The molecule has 154 valence electrons. The van der Waals surface area contributed by atoms with Gasteiger partial charge >= 0.3 is 0 Å². The van der Waals surface area contributed by atoms with E-state index in [0.717, 1.165) is 49.7 Å². The van der Waals surface area contributed by atoms with Crippen molar-refractivity contribution < 1.29 is 18.6 Å². The normalized spacial score (nSPS) is 17.8. The molecular weight excluding hydrogens is 373 g/mol. The second kappa shape index (κ2) is 8.69. The Morgan fingerprint density at radius 2 is 1.79 bits per heavy atom. The summed E-state index contributed by atoms with van der Waals surface area (Å²) >= 11 is 0. The molecule has 0 aromatic heterocycles. The number of fused-ring (bicyclic) bond motifs is 1. The molecule has 0 amide bonds. The molecule has 4 rings (SSSR count). The smallest absolute Gasteiger partial charge is 0.231 e. The van der Waals surface area contributed by atoms with Gasteiger partial charge in [-0.1, -0.05) is 18.2 Å². The first-order valence-corrected chi connectivity index (χ1v) is 9.85. The molecule has 0 radical (unpaired) electrons. The molecule has 0 atom stereocenters. The molecule has 7 heteroatoms. The molecule has 1 fully saturated rings. The minimum atomic E-state index is -0.235. The third-order valence-corrected chi connectivity index (χ3v) is 5.63. The van der Waals surface area contributed by atoms with Crippen LogP contribution in [0.4, 0.5) is 4.39 Å². The van der Waals surface area contributed by atoms with E-state index in [4.69, 9.17) is 14.2 Å². The molecule has 6 nitrogen and oxygen atoms in total. The molecule has 2 aliphatic rings. The summed E-state index contributed by atoms with van der Waals surface area (Å²) in [5.41, 5.74) is 2.13. The van der Waals surface area contributed by atoms with Gasteiger partial charge in [0.25, 0.3) is 0 Å². The van der Waals surface area contributed by atoms with Crippen LogP contribution in [0.3, 0.4) is 0 Å². The van der Waals surface area contributed by atoms with Gasteiger partial charge < -0.3 is 24.8 Å². The number of hydrogen-bond donors (Lipinski definition) is 2. The lowest BCUT2D eigenvalue weighted by Gasteiger charge is -2.38.